The zero-order chi connectivity index (χ0) is 14.8. The number of hydrogen-bond donors (Lipinski definition) is 0. The van der Waals surface area contributed by atoms with Gasteiger partial charge in [-0.25, -0.2) is 0 Å². The maximum Gasteiger partial charge on any atom is 0.117 e. The van der Waals surface area contributed by atoms with Crippen molar-refractivity contribution in [2.45, 2.75) is 76.7 Å². The van der Waals surface area contributed by atoms with Crippen molar-refractivity contribution in [2.75, 3.05) is 0 Å². The van der Waals surface area contributed by atoms with Crippen molar-refractivity contribution in [1.29, 1.82) is 0 Å². The molecule has 4 atom stereocenters. The zero-order valence-corrected chi connectivity index (χ0v) is 13.9. The molecular weight excluding hydrogens is 268 g/mol. The van der Waals surface area contributed by atoms with Crippen molar-refractivity contribution in [3.63, 3.8) is 0 Å². The lowest BCUT2D eigenvalue weighted by Crippen LogP contribution is -2.49. The smallest absolute Gasteiger partial charge is 0.117 e. The molecule has 0 aromatic rings. The molecule has 5 aliphatic rings. The fourth-order valence-corrected chi connectivity index (χ4v) is 6.73. The van der Waals surface area contributed by atoms with Crippen LogP contribution in [-0.4, -0.2) is 5.60 Å². The van der Waals surface area contributed by atoms with Crippen molar-refractivity contribution in [3.05, 3.63) is 35.1 Å². The first-order valence-corrected chi connectivity index (χ1v) is 9.48. The summed E-state index contributed by atoms with van der Waals surface area (Å²) < 4.78 is 6.25. The quantitative estimate of drug-likeness (QED) is 0.558. The van der Waals surface area contributed by atoms with Crippen molar-refractivity contribution >= 4 is 0 Å². The van der Waals surface area contributed by atoms with E-state index in [-0.39, 0.29) is 5.60 Å². The lowest BCUT2D eigenvalue weighted by molar-refractivity contribution is -0.0824. The first-order valence-electron chi connectivity index (χ1n) is 9.48. The Morgan fingerprint density at radius 3 is 2.95 bits per heavy atom. The highest BCUT2D eigenvalue weighted by molar-refractivity contribution is 5.43. The second kappa shape index (κ2) is 4.52. The van der Waals surface area contributed by atoms with E-state index in [1.54, 1.807) is 11.1 Å². The van der Waals surface area contributed by atoms with E-state index < -0.39 is 0 Å². The van der Waals surface area contributed by atoms with Crippen LogP contribution in [0.2, 0.25) is 0 Å². The number of ether oxygens (including phenoxy) is 1. The van der Waals surface area contributed by atoms with Gasteiger partial charge in [-0.2, -0.15) is 0 Å². The predicted molar refractivity (Wildman–Crippen MR) is 89.3 cm³/mol. The van der Waals surface area contributed by atoms with E-state index in [0.717, 1.165) is 18.3 Å². The zero-order valence-electron chi connectivity index (χ0n) is 13.9. The molecule has 5 rings (SSSR count). The maximum atomic E-state index is 6.25. The van der Waals surface area contributed by atoms with Gasteiger partial charge >= 0.3 is 0 Å². The van der Waals surface area contributed by atoms with Gasteiger partial charge in [0.05, 0.1) is 6.26 Å². The average Bonchev–Trinajstić information content (AvgIpc) is 3.14. The molecule has 0 aromatic heterocycles. The number of rotatable bonds is 0. The van der Waals surface area contributed by atoms with Gasteiger partial charge in [0, 0.05) is 11.8 Å². The highest BCUT2D eigenvalue weighted by Crippen LogP contribution is 2.66. The van der Waals surface area contributed by atoms with Crippen LogP contribution in [-0.2, 0) is 4.74 Å². The minimum atomic E-state index is 0.149. The first-order chi connectivity index (χ1) is 10.7. The van der Waals surface area contributed by atoms with Gasteiger partial charge in [0.2, 0.25) is 0 Å². The third-order valence-electron chi connectivity index (χ3n) is 7.92. The average molecular weight is 296 g/mol. The Labute approximate surface area is 134 Å². The number of hydrogen-bond acceptors (Lipinski definition) is 1. The second-order valence-electron chi connectivity index (χ2n) is 8.52. The summed E-state index contributed by atoms with van der Waals surface area (Å²) >= 11 is 0. The molecule has 1 nitrogen and oxygen atoms in total. The van der Waals surface area contributed by atoms with Crippen molar-refractivity contribution in [2.24, 2.45) is 17.3 Å². The minimum absolute atomic E-state index is 0.149. The Balaban J connectivity index is 1.54. The molecule has 1 heterocycles. The highest BCUT2D eigenvalue weighted by Gasteiger charge is 2.62. The van der Waals surface area contributed by atoms with Gasteiger partial charge in [-0.15, -0.1) is 0 Å². The van der Waals surface area contributed by atoms with Crippen molar-refractivity contribution in [1.82, 2.24) is 0 Å². The summed E-state index contributed by atoms with van der Waals surface area (Å²) in [5, 5.41) is 0. The number of allylic oxidation sites excluding steroid dienone is 4. The molecule has 1 heteroatoms. The van der Waals surface area contributed by atoms with E-state index >= 15 is 0 Å². The first kappa shape index (κ1) is 13.5. The Kier molecular flexibility index (Phi) is 2.77. The molecule has 0 aromatic carbocycles. The standard InChI is InChI=1S/C21H28O/c1-20-12-9-17-16-6-3-2-5-15(16)7-8-18(17)19(20)10-13-21(20)11-4-14-22-21/h4-5,14,18-19H,2-3,6-13H2,1H3/t18-,19+,20+,21?/m1/s1. The van der Waals surface area contributed by atoms with Gasteiger partial charge in [-0.1, -0.05) is 18.6 Å². The monoisotopic (exact) mass is 296 g/mol. The fourth-order valence-electron chi connectivity index (χ4n) is 6.73. The van der Waals surface area contributed by atoms with Crippen LogP contribution in [0.1, 0.15) is 71.1 Å². The molecule has 0 bridgehead atoms. The Morgan fingerprint density at radius 1 is 1.14 bits per heavy atom. The molecule has 1 unspecified atom stereocenters. The summed E-state index contributed by atoms with van der Waals surface area (Å²) in [6.45, 7) is 2.56. The van der Waals surface area contributed by atoms with Crippen molar-refractivity contribution in [3.8, 4) is 0 Å². The molecule has 118 valence electrons. The third-order valence-corrected chi connectivity index (χ3v) is 7.92. The Bertz CT molecular complexity index is 585. The van der Waals surface area contributed by atoms with E-state index in [1.165, 1.54) is 57.8 Å². The molecule has 4 aliphatic carbocycles. The van der Waals surface area contributed by atoms with Crippen molar-refractivity contribution < 1.29 is 4.74 Å². The second-order valence-corrected chi connectivity index (χ2v) is 8.52. The van der Waals surface area contributed by atoms with E-state index in [9.17, 15) is 0 Å². The Morgan fingerprint density at radius 2 is 2.09 bits per heavy atom. The normalized spacial score (nSPS) is 46.1. The molecule has 22 heavy (non-hydrogen) atoms. The molecule has 0 radical (unpaired) electrons. The molecule has 2 saturated carbocycles. The molecule has 1 spiro atoms. The van der Waals surface area contributed by atoms with Gasteiger partial charge in [0.1, 0.15) is 5.60 Å². The van der Waals surface area contributed by atoms with E-state index in [0.29, 0.717) is 5.41 Å². The van der Waals surface area contributed by atoms with Crippen LogP contribution >= 0.6 is 0 Å². The van der Waals surface area contributed by atoms with Gasteiger partial charge in [0.15, 0.2) is 0 Å². The summed E-state index contributed by atoms with van der Waals surface area (Å²) in [5.74, 6) is 1.74. The fraction of sp³-hybridized carbons (Fsp3) is 0.714. The van der Waals surface area contributed by atoms with E-state index in [1.807, 2.05) is 11.8 Å². The third kappa shape index (κ3) is 1.56. The minimum Gasteiger partial charge on any atom is -0.494 e. The summed E-state index contributed by atoms with van der Waals surface area (Å²) in [4.78, 5) is 0. The number of fused-ring (bicyclic) bond motifs is 5. The van der Waals surface area contributed by atoms with Crippen LogP contribution in [0.5, 0.6) is 0 Å². The van der Waals surface area contributed by atoms with Crippen LogP contribution < -0.4 is 0 Å². The summed E-state index contributed by atoms with van der Waals surface area (Å²) in [6.07, 6.45) is 20.2. The molecule has 0 saturated heterocycles. The largest absolute Gasteiger partial charge is 0.494 e. The van der Waals surface area contributed by atoms with Crippen LogP contribution in [0.3, 0.4) is 0 Å². The maximum absolute atomic E-state index is 6.25. The predicted octanol–water partition coefficient (Wildman–Crippen LogP) is 5.69. The van der Waals surface area contributed by atoms with E-state index in [2.05, 4.69) is 19.1 Å². The van der Waals surface area contributed by atoms with Crippen LogP contribution in [0.4, 0.5) is 0 Å². The molecule has 0 amide bonds. The van der Waals surface area contributed by atoms with Gasteiger partial charge in [-0.05, 0) is 86.8 Å². The summed E-state index contributed by atoms with van der Waals surface area (Å²) in [6, 6.07) is 0. The van der Waals surface area contributed by atoms with Crippen LogP contribution in [0.25, 0.3) is 0 Å². The highest BCUT2D eigenvalue weighted by atomic mass is 16.5. The molecule has 2 fully saturated rings. The van der Waals surface area contributed by atoms with Gasteiger partial charge in [0.25, 0.3) is 0 Å². The molecular formula is C21H28O. The molecule has 1 aliphatic heterocycles. The van der Waals surface area contributed by atoms with Crippen LogP contribution in [0.15, 0.2) is 35.1 Å². The molecule has 0 N–H and O–H groups in total. The lowest BCUT2D eigenvalue weighted by atomic mass is 9.54. The van der Waals surface area contributed by atoms with E-state index in [4.69, 9.17) is 4.74 Å². The summed E-state index contributed by atoms with van der Waals surface area (Å²) in [7, 11) is 0. The Hall–Kier alpha value is -0.980. The lowest BCUT2D eigenvalue weighted by Gasteiger charge is -2.52. The van der Waals surface area contributed by atoms with Gasteiger partial charge in [-0.3, -0.25) is 0 Å². The SMILES string of the molecule is C[C@]12CCC3=C4CCCC=C4CC[C@H]3[C@@H]1CCC21CC=CO1. The topological polar surface area (TPSA) is 9.23 Å². The van der Waals surface area contributed by atoms with Gasteiger partial charge < -0.3 is 4.74 Å². The van der Waals surface area contributed by atoms with Crippen LogP contribution in [0, 0.1) is 17.3 Å². The summed E-state index contributed by atoms with van der Waals surface area (Å²) in [5.41, 5.74) is 5.96.